The maximum atomic E-state index is 3.95. The number of rotatable bonds is 5. The van der Waals surface area contributed by atoms with Gasteiger partial charge < -0.3 is 5.32 Å². The van der Waals surface area contributed by atoms with Crippen molar-refractivity contribution < 1.29 is 0 Å². The molecular formula is C33H37N. The molecule has 1 saturated carbocycles. The second kappa shape index (κ2) is 9.39. The number of fused-ring (bicyclic) bond motifs is 1. The lowest BCUT2D eigenvalue weighted by Crippen LogP contribution is -2.31. The van der Waals surface area contributed by atoms with Crippen molar-refractivity contribution in [1.29, 1.82) is 0 Å². The van der Waals surface area contributed by atoms with Crippen LogP contribution in [0, 0.1) is 34.6 Å². The van der Waals surface area contributed by atoms with Gasteiger partial charge in [-0.1, -0.05) is 73.2 Å². The molecule has 4 aromatic carbocycles. The Morgan fingerprint density at radius 3 is 2.12 bits per heavy atom. The van der Waals surface area contributed by atoms with Gasteiger partial charge in [0.25, 0.3) is 0 Å². The van der Waals surface area contributed by atoms with Crippen LogP contribution < -0.4 is 5.32 Å². The van der Waals surface area contributed by atoms with Crippen LogP contribution in [-0.2, 0) is 6.54 Å². The molecule has 0 bridgehead atoms. The Morgan fingerprint density at radius 2 is 1.38 bits per heavy atom. The summed E-state index contributed by atoms with van der Waals surface area (Å²) >= 11 is 0. The summed E-state index contributed by atoms with van der Waals surface area (Å²) in [5.74, 6) is 0.595. The third-order valence-corrected chi connectivity index (χ3v) is 8.11. The van der Waals surface area contributed by atoms with Crippen molar-refractivity contribution in [2.24, 2.45) is 0 Å². The van der Waals surface area contributed by atoms with E-state index in [-0.39, 0.29) is 0 Å². The Bertz CT molecular complexity index is 1350. The van der Waals surface area contributed by atoms with Crippen LogP contribution in [0.3, 0.4) is 0 Å². The summed E-state index contributed by atoms with van der Waals surface area (Å²) in [6.45, 7) is 12.1. The van der Waals surface area contributed by atoms with Gasteiger partial charge in [0.05, 0.1) is 0 Å². The molecule has 0 heterocycles. The van der Waals surface area contributed by atoms with Crippen molar-refractivity contribution in [2.75, 3.05) is 0 Å². The highest BCUT2D eigenvalue weighted by atomic mass is 14.9. The minimum atomic E-state index is 0.540. The Hall–Kier alpha value is -2.90. The first-order valence-corrected chi connectivity index (χ1v) is 12.8. The zero-order valence-corrected chi connectivity index (χ0v) is 21.3. The fourth-order valence-corrected chi connectivity index (χ4v) is 5.88. The average Bonchev–Trinajstić information content (AvgIpc) is 3.28. The maximum Gasteiger partial charge on any atom is 0.0210 e. The summed E-state index contributed by atoms with van der Waals surface area (Å²) in [7, 11) is 0. The molecule has 0 aliphatic heterocycles. The summed E-state index contributed by atoms with van der Waals surface area (Å²) in [5, 5.41) is 6.71. The molecule has 1 fully saturated rings. The minimum Gasteiger partial charge on any atom is -0.309 e. The van der Waals surface area contributed by atoms with Gasteiger partial charge >= 0.3 is 0 Å². The molecule has 2 unspecified atom stereocenters. The first kappa shape index (κ1) is 22.9. The van der Waals surface area contributed by atoms with E-state index in [1.807, 2.05) is 0 Å². The van der Waals surface area contributed by atoms with Crippen LogP contribution in [0.5, 0.6) is 0 Å². The molecule has 1 aliphatic rings. The molecule has 174 valence electrons. The molecule has 0 spiro atoms. The van der Waals surface area contributed by atoms with Crippen LogP contribution in [0.1, 0.15) is 64.1 Å². The molecule has 2 atom stereocenters. The predicted molar refractivity (Wildman–Crippen MR) is 147 cm³/mol. The summed E-state index contributed by atoms with van der Waals surface area (Å²) < 4.78 is 0. The zero-order valence-electron chi connectivity index (χ0n) is 21.3. The zero-order chi connectivity index (χ0) is 23.8. The smallest absolute Gasteiger partial charge is 0.0210 e. The van der Waals surface area contributed by atoms with Gasteiger partial charge in [-0.15, -0.1) is 0 Å². The van der Waals surface area contributed by atoms with Crippen molar-refractivity contribution in [3.63, 3.8) is 0 Å². The number of nitrogens with one attached hydrogen (secondary N) is 1. The standard InChI is InChI=1S/C33H37N/c1-21-9-6-7-10-30(21)26-13-14-27(24(4)17-26)20-34-33-12-8-11-31(33)32-19-29-16-23(3)22(2)15-28(29)18-25(32)5/h6-7,9-10,13-19,31,33-34H,8,11-12,20H2,1-5H3. The topological polar surface area (TPSA) is 12.0 Å². The van der Waals surface area contributed by atoms with E-state index >= 15 is 0 Å². The Morgan fingerprint density at radius 1 is 0.676 bits per heavy atom. The van der Waals surface area contributed by atoms with E-state index in [0.29, 0.717) is 12.0 Å². The SMILES string of the molecule is Cc1cc2cc(C)c(C3CCCC3NCc3ccc(-c4ccccc4C)cc3C)cc2cc1C. The first-order chi connectivity index (χ1) is 16.4. The molecular weight excluding hydrogens is 410 g/mol. The van der Waals surface area contributed by atoms with Gasteiger partial charge in [-0.2, -0.15) is 0 Å². The van der Waals surface area contributed by atoms with E-state index in [2.05, 4.69) is 107 Å². The monoisotopic (exact) mass is 447 g/mol. The van der Waals surface area contributed by atoms with Crippen molar-refractivity contribution in [2.45, 2.75) is 72.4 Å². The van der Waals surface area contributed by atoms with Crippen molar-refractivity contribution >= 4 is 10.8 Å². The number of benzene rings is 4. The van der Waals surface area contributed by atoms with Gasteiger partial charge in [0.2, 0.25) is 0 Å². The van der Waals surface area contributed by atoms with Crippen molar-refractivity contribution in [1.82, 2.24) is 5.32 Å². The normalized spacial score (nSPS) is 18.0. The molecule has 4 aromatic rings. The van der Waals surface area contributed by atoms with Gasteiger partial charge in [0.15, 0.2) is 0 Å². The van der Waals surface area contributed by atoms with E-state index in [9.17, 15) is 0 Å². The summed E-state index contributed by atoms with van der Waals surface area (Å²) in [6.07, 6.45) is 3.84. The van der Waals surface area contributed by atoms with Crippen LogP contribution in [0.15, 0.2) is 66.7 Å². The lowest BCUT2D eigenvalue weighted by Gasteiger charge is -2.24. The van der Waals surface area contributed by atoms with E-state index in [1.165, 1.54) is 80.1 Å². The number of aryl methyl sites for hydroxylation is 5. The average molecular weight is 448 g/mol. The minimum absolute atomic E-state index is 0.540. The third-order valence-electron chi connectivity index (χ3n) is 8.11. The van der Waals surface area contributed by atoms with Crippen LogP contribution in [-0.4, -0.2) is 6.04 Å². The third kappa shape index (κ3) is 4.42. The Labute approximate surface area is 205 Å². The highest BCUT2D eigenvalue weighted by Gasteiger charge is 2.29. The van der Waals surface area contributed by atoms with E-state index < -0.39 is 0 Å². The lowest BCUT2D eigenvalue weighted by atomic mass is 9.87. The highest BCUT2D eigenvalue weighted by molar-refractivity contribution is 5.86. The molecule has 1 nitrogen and oxygen atoms in total. The van der Waals surface area contributed by atoms with Gasteiger partial charge in [0, 0.05) is 12.6 Å². The Balaban J connectivity index is 1.35. The van der Waals surface area contributed by atoms with Gasteiger partial charge in [-0.05, 0) is 114 Å². The molecule has 1 heteroatoms. The fourth-order valence-electron chi connectivity index (χ4n) is 5.88. The van der Waals surface area contributed by atoms with Gasteiger partial charge in [-0.25, -0.2) is 0 Å². The highest BCUT2D eigenvalue weighted by Crippen LogP contribution is 2.38. The summed E-state index contributed by atoms with van der Waals surface area (Å²) in [4.78, 5) is 0. The fraction of sp³-hybridized carbons (Fsp3) is 0.333. The number of hydrogen-bond donors (Lipinski definition) is 1. The van der Waals surface area contributed by atoms with E-state index in [1.54, 1.807) is 0 Å². The first-order valence-electron chi connectivity index (χ1n) is 12.8. The second-order valence-corrected chi connectivity index (χ2v) is 10.5. The Kier molecular flexibility index (Phi) is 6.32. The molecule has 5 rings (SSSR count). The molecule has 0 radical (unpaired) electrons. The number of hydrogen-bond acceptors (Lipinski definition) is 1. The van der Waals surface area contributed by atoms with Crippen LogP contribution in [0.25, 0.3) is 21.9 Å². The largest absolute Gasteiger partial charge is 0.309 e. The lowest BCUT2D eigenvalue weighted by molar-refractivity contribution is 0.476. The molecule has 0 amide bonds. The van der Waals surface area contributed by atoms with Gasteiger partial charge in [-0.3, -0.25) is 0 Å². The van der Waals surface area contributed by atoms with Crippen LogP contribution >= 0.6 is 0 Å². The summed E-state index contributed by atoms with van der Waals surface area (Å²) in [5.41, 5.74) is 12.5. The maximum absolute atomic E-state index is 3.95. The van der Waals surface area contributed by atoms with Crippen LogP contribution in [0.2, 0.25) is 0 Å². The van der Waals surface area contributed by atoms with E-state index in [4.69, 9.17) is 0 Å². The van der Waals surface area contributed by atoms with Crippen molar-refractivity contribution in [3.05, 3.63) is 106 Å². The summed E-state index contributed by atoms with van der Waals surface area (Å²) in [6, 6.07) is 25.7. The molecule has 0 saturated heterocycles. The quantitative estimate of drug-likeness (QED) is 0.323. The van der Waals surface area contributed by atoms with Crippen LogP contribution in [0.4, 0.5) is 0 Å². The molecule has 1 aliphatic carbocycles. The molecule has 0 aromatic heterocycles. The van der Waals surface area contributed by atoms with Gasteiger partial charge in [0.1, 0.15) is 0 Å². The molecule has 34 heavy (non-hydrogen) atoms. The van der Waals surface area contributed by atoms with Crippen molar-refractivity contribution in [3.8, 4) is 11.1 Å². The predicted octanol–water partition coefficient (Wildman–Crippen LogP) is 8.47. The van der Waals surface area contributed by atoms with E-state index in [0.717, 1.165) is 6.54 Å². The molecule has 1 N–H and O–H groups in total. The second-order valence-electron chi connectivity index (χ2n) is 10.5.